The number of halogens is 1. The molecule has 0 atom stereocenters. The molecule has 4 aliphatic rings. The fourth-order valence-corrected chi connectivity index (χ4v) is 6.10. The van der Waals surface area contributed by atoms with Crippen molar-refractivity contribution in [3.8, 4) is 0 Å². The monoisotopic (exact) mass is 403 g/mol. The predicted octanol–water partition coefficient (Wildman–Crippen LogP) is 3.96. The van der Waals surface area contributed by atoms with Gasteiger partial charge in [-0.1, -0.05) is 23.7 Å². The van der Waals surface area contributed by atoms with Crippen LogP contribution in [0.25, 0.3) is 0 Å². The molecule has 1 aromatic carbocycles. The van der Waals surface area contributed by atoms with Crippen molar-refractivity contribution < 1.29 is 9.59 Å². The fraction of sp³-hybridized carbons (Fsp3) is 0.636. The van der Waals surface area contributed by atoms with Gasteiger partial charge in [-0.2, -0.15) is 0 Å². The molecule has 2 N–H and O–H groups in total. The van der Waals surface area contributed by atoms with Crippen LogP contribution in [-0.2, 0) is 11.3 Å². The first-order chi connectivity index (χ1) is 13.4. The van der Waals surface area contributed by atoms with Gasteiger partial charge in [-0.15, -0.1) is 0 Å². The second kappa shape index (κ2) is 7.94. The van der Waals surface area contributed by atoms with E-state index in [0.717, 1.165) is 42.6 Å². The summed E-state index contributed by atoms with van der Waals surface area (Å²) >= 11 is 5.89. The lowest BCUT2D eigenvalue weighted by molar-refractivity contribution is -0.130. The number of amides is 3. The molecule has 4 aliphatic carbocycles. The molecule has 0 spiro atoms. The molecular formula is C22H30ClN3O2. The SMILES string of the molecule is CN(Cc1ccc(Cl)cc1)C(=O)CCNC(=O)NC12CC3CC(CC(C3)C1)C2. The minimum atomic E-state index is -0.116. The summed E-state index contributed by atoms with van der Waals surface area (Å²) in [6.45, 7) is 0.900. The van der Waals surface area contributed by atoms with Crippen LogP contribution in [0.3, 0.4) is 0 Å². The highest BCUT2D eigenvalue weighted by Gasteiger charge is 2.51. The van der Waals surface area contributed by atoms with E-state index in [9.17, 15) is 9.59 Å². The zero-order valence-electron chi connectivity index (χ0n) is 16.5. The van der Waals surface area contributed by atoms with Crippen LogP contribution < -0.4 is 10.6 Å². The minimum Gasteiger partial charge on any atom is -0.341 e. The zero-order chi connectivity index (χ0) is 19.7. The van der Waals surface area contributed by atoms with Gasteiger partial charge in [0.1, 0.15) is 0 Å². The Morgan fingerprint density at radius 3 is 2.21 bits per heavy atom. The average Bonchev–Trinajstić information content (AvgIpc) is 2.61. The predicted molar refractivity (Wildman–Crippen MR) is 110 cm³/mol. The van der Waals surface area contributed by atoms with Crippen molar-refractivity contribution in [3.63, 3.8) is 0 Å². The van der Waals surface area contributed by atoms with Crippen molar-refractivity contribution in [1.29, 1.82) is 0 Å². The van der Waals surface area contributed by atoms with Gasteiger partial charge in [-0.3, -0.25) is 4.79 Å². The molecule has 0 aromatic heterocycles. The van der Waals surface area contributed by atoms with Crippen LogP contribution in [0.4, 0.5) is 4.79 Å². The van der Waals surface area contributed by atoms with Gasteiger partial charge in [0.15, 0.2) is 0 Å². The second-order valence-electron chi connectivity index (χ2n) is 9.21. The third kappa shape index (κ3) is 4.45. The van der Waals surface area contributed by atoms with E-state index in [1.807, 2.05) is 24.3 Å². The highest BCUT2D eigenvalue weighted by molar-refractivity contribution is 6.30. The summed E-state index contributed by atoms with van der Waals surface area (Å²) in [4.78, 5) is 26.5. The molecule has 4 fully saturated rings. The van der Waals surface area contributed by atoms with E-state index in [0.29, 0.717) is 24.5 Å². The van der Waals surface area contributed by atoms with E-state index in [1.54, 1.807) is 11.9 Å². The molecule has 0 saturated heterocycles. The van der Waals surface area contributed by atoms with Gasteiger partial charge in [0.05, 0.1) is 0 Å². The molecule has 4 bridgehead atoms. The van der Waals surface area contributed by atoms with Crippen LogP contribution in [0.5, 0.6) is 0 Å². The van der Waals surface area contributed by atoms with Gasteiger partial charge >= 0.3 is 6.03 Å². The standard InChI is InChI=1S/C22H30ClN3O2/c1-26(14-15-2-4-19(23)5-3-15)20(27)6-7-24-21(28)25-22-11-16-8-17(12-22)10-18(9-16)13-22/h2-5,16-18H,6-14H2,1H3,(H2,24,25,28). The third-order valence-electron chi connectivity index (χ3n) is 6.80. The smallest absolute Gasteiger partial charge is 0.315 e. The molecule has 3 amide bonds. The maximum absolute atomic E-state index is 12.4. The zero-order valence-corrected chi connectivity index (χ0v) is 17.3. The Morgan fingerprint density at radius 2 is 1.64 bits per heavy atom. The second-order valence-corrected chi connectivity index (χ2v) is 9.64. The Labute approximate surface area is 172 Å². The molecule has 0 unspecified atom stereocenters. The first-order valence-corrected chi connectivity index (χ1v) is 10.8. The van der Waals surface area contributed by atoms with Crippen LogP contribution >= 0.6 is 11.6 Å². The molecule has 6 heteroatoms. The Kier molecular flexibility index (Phi) is 5.55. The Morgan fingerprint density at radius 1 is 1.07 bits per heavy atom. The van der Waals surface area contributed by atoms with E-state index in [2.05, 4.69) is 10.6 Å². The largest absolute Gasteiger partial charge is 0.341 e. The molecule has 0 aliphatic heterocycles. The number of hydrogen-bond donors (Lipinski definition) is 2. The summed E-state index contributed by atoms with van der Waals surface area (Å²) in [6.07, 6.45) is 7.78. The van der Waals surface area contributed by atoms with Gasteiger partial charge in [0.2, 0.25) is 5.91 Å². The number of nitrogens with zero attached hydrogens (tertiary/aromatic N) is 1. The van der Waals surface area contributed by atoms with E-state index in [-0.39, 0.29) is 17.5 Å². The van der Waals surface area contributed by atoms with Crippen LogP contribution in [0.1, 0.15) is 50.5 Å². The molecule has 4 saturated carbocycles. The van der Waals surface area contributed by atoms with Gasteiger partial charge < -0.3 is 15.5 Å². The number of carbonyl (C=O) groups is 2. The van der Waals surface area contributed by atoms with E-state index in [4.69, 9.17) is 11.6 Å². The van der Waals surface area contributed by atoms with Crippen LogP contribution in [-0.4, -0.2) is 36.0 Å². The van der Waals surface area contributed by atoms with Crippen LogP contribution in [0.15, 0.2) is 24.3 Å². The number of urea groups is 1. The quantitative estimate of drug-likeness (QED) is 0.755. The highest BCUT2D eigenvalue weighted by atomic mass is 35.5. The van der Waals surface area contributed by atoms with Crippen molar-refractivity contribution in [2.24, 2.45) is 17.8 Å². The summed E-state index contributed by atoms with van der Waals surface area (Å²) in [5, 5.41) is 6.87. The van der Waals surface area contributed by atoms with Crippen molar-refractivity contribution in [1.82, 2.24) is 15.5 Å². The molecule has 5 nitrogen and oxygen atoms in total. The molecule has 0 radical (unpaired) electrons. The first kappa shape index (κ1) is 19.6. The number of benzene rings is 1. The summed E-state index contributed by atoms with van der Waals surface area (Å²) in [5.41, 5.74) is 1.04. The lowest BCUT2D eigenvalue weighted by Gasteiger charge is -2.56. The molecule has 28 heavy (non-hydrogen) atoms. The lowest BCUT2D eigenvalue weighted by Crippen LogP contribution is -2.61. The summed E-state index contributed by atoms with van der Waals surface area (Å²) in [7, 11) is 1.78. The normalized spacial score (nSPS) is 30.1. The Bertz CT molecular complexity index is 699. The lowest BCUT2D eigenvalue weighted by atomic mass is 9.53. The number of hydrogen-bond acceptors (Lipinski definition) is 2. The highest BCUT2D eigenvalue weighted by Crippen LogP contribution is 2.55. The van der Waals surface area contributed by atoms with Crippen molar-refractivity contribution in [2.75, 3.05) is 13.6 Å². The molecular weight excluding hydrogens is 374 g/mol. The van der Waals surface area contributed by atoms with Crippen LogP contribution in [0.2, 0.25) is 5.02 Å². The summed E-state index contributed by atoms with van der Waals surface area (Å²) in [5.74, 6) is 2.42. The third-order valence-corrected chi connectivity index (χ3v) is 7.05. The molecule has 5 rings (SSSR count). The van der Waals surface area contributed by atoms with E-state index < -0.39 is 0 Å². The van der Waals surface area contributed by atoms with Crippen LogP contribution in [0, 0.1) is 17.8 Å². The van der Waals surface area contributed by atoms with E-state index >= 15 is 0 Å². The maximum Gasteiger partial charge on any atom is 0.315 e. The minimum absolute atomic E-state index is 0.00815. The molecule has 0 heterocycles. The number of carbonyl (C=O) groups excluding carboxylic acids is 2. The molecule has 152 valence electrons. The Hall–Kier alpha value is -1.75. The topological polar surface area (TPSA) is 61.4 Å². The first-order valence-electron chi connectivity index (χ1n) is 10.5. The Balaban J connectivity index is 1.20. The van der Waals surface area contributed by atoms with Gasteiger partial charge in [0.25, 0.3) is 0 Å². The fourth-order valence-electron chi connectivity index (χ4n) is 5.97. The number of rotatable bonds is 6. The maximum atomic E-state index is 12.4. The summed E-state index contributed by atoms with van der Waals surface area (Å²) in [6, 6.07) is 7.37. The number of nitrogens with one attached hydrogen (secondary N) is 2. The van der Waals surface area contributed by atoms with Crippen molar-refractivity contribution >= 4 is 23.5 Å². The summed E-state index contributed by atoms with van der Waals surface area (Å²) < 4.78 is 0. The average molecular weight is 404 g/mol. The van der Waals surface area contributed by atoms with Crippen molar-refractivity contribution in [2.45, 2.75) is 57.0 Å². The van der Waals surface area contributed by atoms with Gasteiger partial charge in [0, 0.05) is 37.1 Å². The molecule has 1 aromatic rings. The van der Waals surface area contributed by atoms with Gasteiger partial charge in [-0.05, 0) is 74.0 Å². The van der Waals surface area contributed by atoms with E-state index in [1.165, 1.54) is 19.3 Å². The van der Waals surface area contributed by atoms with Crippen molar-refractivity contribution in [3.05, 3.63) is 34.9 Å². The van der Waals surface area contributed by atoms with Gasteiger partial charge in [-0.25, -0.2) is 4.79 Å².